The number of carbonyl (C=O) groups excluding carboxylic acids is 2. The Balaban J connectivity index is 1.52. The summed E-state index contributed by atoms with van der Waals surface area (Å²) in [5.74, 6) is 0.972. The summed E-state index contributed by atoms with van der Waals surface area (Å²) in [5.41, 5.74) is 2.03. The van der Waals surface area contributed by atoms with Crippen molar-refractivity contribution in [1.82, 2.24) is 19.9 Å². The minimum absolute atomic E-state index is 0.00476. The maximum absolute atomic E-state index is 12.5. The Bertz CT molecular complexity index is 1060. The van der Waals surface area contributed by atoms with Crippen molar-refractivity contribution in [3.63, 3.8) is 0 Å². The number of nitrogens with zero attached hydrogens (tertiary/aromatic N) is 4. The van der Waals surface area contributed by atoms with Crippen molar-refractivity contribution in [2.45, 2.75) is 33.6 Å². The zero-order chi connectivity index (χ0) is 20.0. The molecule has 1 aliphatic carbocycles. The molecular weight excluding hydrogens is 362 g/mol. The van der Waals surface area contributed by atoms with Crippen LogP contribution in [-0.4, -0.2) is 31.6 Å². The van der Waals surface area contributed by atoms with E-state index in [4.69, 9.17) is 8.94 Å². The van der Waals surface area contributed by atoms with Gasteiger partial charge in [0.1, 0.15) is 11.5 Å². The van der Waals surface area contributed by atoms with Crippen LogP contribution in [-0.2, 0) is 13.5 Å². The predicted molar refractivity (Wildman–Crippen MR) is 98.9 cm³/mol. The standard InChI is InChI=1S/C19H21N5O4/c1-9(2)11-5-14(25)17-16(6-11)27-19(21-17)22-18(26)13-7-15(28-23-13)12-8-20-24(4)10(12)3/h7-9,11H,5-6H2,1-4H3,(H,21,22,26). The Morgan fingerprint density at radius 2 is 2.14 bits per heavy atom. The van der Waals surface area contributed by atoms with Crippen LogP contribution >= 0.6 is 0 Å². The van der Waals surface area contributed by atoms with Gasteiger partial charge in [0.15, 0.2) is 17.2 Å². The third-order valence-corrected chi connectivity index (χ3v) is 5.26. The second kappa shape index (κ2) is 6.74. The molecule has 0 saturated carbocycles. The molecule has 3 aromatic rings. The Hall–Kier alpha value is -3.23. The molecule has 1 aliphatic rings. The van der Waals surface area contributed by atoms with Crippen LogP contribution in [0.25, 0.3) is 11.3 Å². The Morgan fingerprint density at radius 3 is 2.82 bits per heavy atom. The molecule has 3 heterocycles. The summed E-state index contributed by atoms with van der Waals surface area (Å²) in [4.78, 5) is 28.9. The first-order chi connectivity index (χ1) is 13.3. The number of aryl methyl sites for hydroxylation is 1. The van der Waals surface area contributed by atoms with Gasteiger partial charge in [0.05, 0.1) is 11.8 Å². The molecule has 146 valence electrons. The summed E-state index contributed by atoms with van der Waals surface area (Å²) >= 11 is 0. The summed E-state index contributed by atoms with van der Waals surface area (Å²) in [5, 5.41) is 10.5. The van der Waals surface area contributed by atoms with Gasteiger partial charge in [-0.3, -0.25) is 19.6 Å². The van der Waals surface area contributed by atoms with E-state index in [1.54, 1.807) is 10.9 Å². The molecule has 0 fully saturated rings. The Morgan fingerprint density at radius 1 is 1.36 bits per heavy atom. The van der Waals surface area contributed by atoms with E-state index >= 15 is 0 Å². The van der Waals surface area contributed by atoms with Crippen LogP contribution in [0.1, 0.15) is 52.7 Å². The van der Waals surface area contributed by atoms with Crippen molar-refractivity contribution in [2.24, 2.45) is 18.9 Å². The molecule has 0 radical (unpaired) electrons. The Kier molecular flexibility index (Phi) is 4.37. The quantitative estimate of drug-likeness (QED) is 0.736. The molecule has 0 aliphatic heterocycles. The summed E-state index contributed by atoms with van der Waals surface area (Å²) in [6, 6.07) is 1.53. The average Bonchev–Trinajstić information content (AvgIpc) is 3.35. The van der Waals surface area contributed by atoms with E-state index in [9.17, 15) is 9.59 Å². The largest absolute Gasteiger partial charge is 0.428 e. The lowest BCUT2D eigenvalue weighted by Gasteiger charge is -2.22. The van der Waals surface area contributed by atoms with E-state index in [1.165, 1.54) is 6.07 Å². The fraction of sp³-hybridized carbons (Fsp3) is 0.421. The highest BCUT2D eigenvalue weighted by atomic mass is 16.5. The molecular formula is C19H21N5O4. The lowest BCUT2D eigenvalue weighted by Crippen LogP contribution is -2.23. The van der Waals surface area contributed by atoms with Gasteiger partial charge in [0, 0.05) is 31.6 Å². The lowest BCUT2D eigenvalue weighted by atomic mass is 9.82. The van der Waals surface area contributed by atoms with Crippen LogP contribution in [0.4, 0.5) is 6.01 Å². The van der Waals surface area contributed by atoms with Gasteiger partial charge in [-0.05, 0) is 18.8 Å². The maximum atomic E-state index is 12.5. The smallest absolute Gasteiger partial charge is 0.302 e. The van der Waals surface area contributed by atoms with E-state index in [0.717, 1.165) is 11.3 Å². The number of hydrogen-bond acceptors (Lipinski definition) is 7. The number of fused-ring (bicyclic) bond motifs is 1. The summed E-state index contributed by atoms with van der Waals surface area (Å²) < 4.78 is 12.6. The molecule has 9 heteroatoms. The zero-order valence-corrected chi connectivity index (χ0v) is 16.1. The van der Waals surface area contributed by atoms with Gasteiger partial charge >= 0.3 is 6.01 Å². The van der Waals surface area contributed by atoms with Gasteiger partial charge in [-0.2, -0.15) is 10.1 Å². The SMILES string of the molecule is Cc1c(-c2cc(C(=O)Nc3nc4c(o3)CC(C(C)C)CC4=O)no2)cnn1C. The molecule has 4 rings (SSSR count). The van der Waals surface area contributed by atoms with Gasteiger partial charge in [-0.1, -0.05) is 19.0 Å². The summed E-state index contributed by atoms with van der Waals surface area (Å²) in [6.07, 6.45) is 2.73. The summed E-state index contributed by atoms with van der Waals surface area (Å²) in [7, 11) is 1.82. The first kappa shape index (κ1) is 18.1. The highest BCUT2D eigenvalue weighted by molar-refractivity contribution is 6.03. The number of hydrogen-bond donors (Lipinski definition) is 1. The third-order valence-electron chi connectivity index (χ3n) is 5.26. The minimum Gasteiger partial charge on any atom is -0.428 e. The highest BCUT2D eigenvalue weighted by Crippen LogP contribution is 2.32. The van der Waals surface area contributed by atoms with E-state index in [-0.39, 0.29) is 23.4 Å². The van der Waals surface area contributed by atoms with Gasteiger partial charge < -0.3 is 8.94 Å². The molecule has 1 amide bonds. The molecule has 1 atom stereocenters. The monoisotopic (exact) mass is 383 g/mol. The second-order valence-electron chi connectivity index (χ2n) is 7.42. The molecule has 1 N–H and O–H groups in total. The normalized spacial score (nSPS) is 16.5. The number of carbonyl (C=O) groups is 2. The van der Waals surface area contributed by atoms with Gasteiger partial charge in [0.25, 0.3) is 5.91 Å². The van der Waals surface area contributed by atoms with E-state index in [0.29, 0.717) is 36.0 Å². The third kappa shape index (κ3) is 3.12. The molecule has 0 saturated heterocycles. The molecule has 0 spiro atoms. The topological polar surface area (TPSA) is 116 Å². The molecule has 3 aromatic heterocycles. The number of Topliss-reactive ketones (excluding diaryl/α,β-unsaturated/α-hetero) is 1. The number of oxazole rings is 1. The van der Waals surface area contributed by atoms with Crippen LogP contribution in [0.2, 0.25) is 0 Å². The Labute approximate surface area is 161 Å². The highest BCUT2D eigenvalue weighted by Gasteiger charge is 2.32. The number of nitrogens with one attached hydrogen (secondary N) is 1. The van der Waals surface area contributed by atoms with E-state index in [2.05, 4.69) is 34.4 Å². The van der Waals surface area contributed by atoms with Gasteiger partial charge in [-0.25, -0.2) is 0 Å². The van der Waals surface area contributed by atoms with E-state index in [1.807, 2.05) is 14.0 Å². The maximum Gasteiger partial charge on any atom is 0.302 e. The zero-order valence-electron chi connectivity index (χ0n) is 16.1. The molecule has 0 bridgehead atoms. The van der Waals surface area contributed by atoms with Gasteiger partial charge in [-0.15, -0.1) is 0 Å². The van der Waals surface area contributed by atoms with Crippen molar-refractivity contribution in [3.05, 3.63) is 35.1 Å². The van der Waals surface area contributed by atoms with Crippen LogP contribution < -0.4 is 5.32 Å². The van der Waals surface area contributed by atoms with Crippen LogP contribution in [0.5, 0.6) is 0 Å². The van der Waals surface area contributed by atoms with Crippen LogP contribution in [0, 0.1) is 18.8 Å². The number of amides is 1. The van der Waals surface area contributed by atoms with Gasteiger partial charge in [0.2, 0.25) is 0 Å². The molecule has 1 unspecified atom stereocenters. The van der Waals surface area contributed by atoms with E-state index < -0.39 is 5.91 Å². The van der Waals surface area contributed by atoms with Crippen molar-refractivity contribution >= 4 is 17.7 Å². The molecule has 0 aromatic carbocycles. The lowest BCUT2D eigenvalue weighted by molar-refractivity contribution is 0.0922. The van der Waals surface area contributed by atoms with Crippen molar-refractivity contribution in [3.8, 4) is 11.3 Å². The fourth-order valence-corrected chi connectivity index (χ4v) is 3.29. The minimum atomic E-state index is -0.525. The van der Waals surface area contributed by atoms with Crippen molar-refractivity contribution < 1.29 is 18.5 Å². The second-order valence-corrected chi connectivity index (χ2v) is 7.42. The number of anilines is 1. The first-order valence-electron chi connectivity index (χ1n) is 9.13. The van der Waals surface area contributed by atoms with Crippen LogP contribution in [0.15, 0.2) is 21.2 Å². The number of ketones is 1. The summed E-state index contributed by atoms with van der Waals surface area (Å²) in [6.45, 7) is 6.05. The molecule has 28 heavy (non-hydrogen) atoms. The predicted octanol–water partition coefficient (Wildman–Crippen LogP) is 3.02. The number of rotatable bonds is 4. The van der Waals surface area contributed by atoms with Crippen LogP contribution in [0.3, 0.4) is 0 Å². The molecule has 9 nitrogen and oxygen atoms in total. The van der Waals surface area contributed by atoms with Crippen molar-refractivity contribution in [2.75, 3.05) is 5.32 Å². The fourth-order valence-electron chi connectivity index (χ4n) is 3.29. The average molecular weight is 383 g/mol. The van der Waals surface area contributed by atoms with Crippen molar-refractivity contribution in [1.29, 1.82) is 0 Å². The number of aromatic nitrogens is 4. The first-order valence-corrected chi connectivity index (χ1v) is 9.13.